The summed E-state index contributed by atoms with van der Waals surface area (Å²) in [5.41, 5.74) is 1.64. The Bertz CT molecular complexity index is 561. The van der Waals surface area contributed by atoms with Crippen LogP contribution in [0.2, 0.25) is 0 Å². The van der Waals surface area contributed by atoms with Crippen LogP contribution in [0.4, 0.5) is 16.2 Å². The zero-order valence-corrected chi connectivity index (χ0v) is 13.0. The summed E-state index contributed by atoms with van der Waals surface area (Å²) in [6, 6.07) is 7.55. The summed E-state index contributed by atoms with van der Waals surface area (Å²) in [5, 5.41) is 6.84. The molecule has 2 fully saturated rings. The van der Waals surface area contributed by atoms with E-state index in [0.29, 0.717) is 24.8 Å². The molecule has 2 aliphatic rings. The molecule has 0 radical (unpaired) electrons. The van der Waals surface area contributed by atoms with E-state index in [2.05, 4.69) is 10.6 Å². The second-order valence-corrected chi connectivity index (χ2v) is 5.69. The molecule has 22 heavy (non-hydrogen) atoms. The van der Waals surface area contributed by atoms with Gasteiger partial charge < -0.3 is 20.1 Å². The van der Waals surface area contributed by atoms with Gasteiger partial charge in [0.05, 0.1) is 12.6 Å². The van der Waals surface area contributed by atoms with Crippen molar-refractivity contribution >= 4 is 34.8 Å². The first-order valence-electron chi connectivity index (χ1n) is 7.43. The van der Waals surface area contributed by atoms with Crippen molar-refractivity contribution in [3.8, 4) is 0 Å². The van der Waals surface area contributed by atoms with Crippen molar-refractivity contribution in [1.82, 2.24) is 5.32 Å². The largest absolute Gasteiger partial charge is 0.447 e. The van der Waals surface area contributed by atoms with Gasteiger partial charge in [0.25, 0.3) is 0 Å². The van der Waals surface area contributed by atoms with E-state index in [4.69, 9.17) is 21.7 Å². The van der Waals surface area contributed by atoms with Crippen LogP contribution < -0.4 is 15.5 Å². The van der Waals surface area contributed by atoms with Crippen LogP contribution in [-0.2, 0) is 9.47 Å². The van der Waals surface area contributed by atoms with Gasteiger partial charge in [0.2, 0.25) is 0 Å². The van der Waals surface area contributed by atoms with Crippen LogP contribution in [0, 0.1) is 0 Å². The van der Waals surface area contributed by atoms with E-state index < -0.39 is 0 Å². The standard InChI is InChI=1S/C15H19N3O3S/c19-15-18(6-8-21-15)12-4-1-3-11(9-12)17-14(22)16-10-13-5-2-7-20-13/h1,3-4,9,13H,2,5-8,10H2,(H2,16,17,22). The van der Waals surface area contributed by atoms with E-state index in [1.54, 1.807) is 4.90 Å². The Morgan fingerprint density at radius 3 is 3.05 bits per heavy atom. The van der Waals surface area contributed by atoms with E-state index in [0.717, 1.165) is 30.8 Å². The predicted molar refractivity (Wildman–Crippen MR) is 88.3 cm³/mol. The van der Waals surface area contributed by atoms with Crippen LogP contribution in [0.1, 0.15) is 12.8 Å². The smallest absolute Gasteiger partial charge is 0.414 e. The maximum atomic E-state index is 11.6. The van der Waals surface area contributed by atoms with Crippen molar-refractivity contribution in [3.63, 3.8) is 0 Å². The maximum absolute atomic E-state index is 11.6. The third-order valence-corrected chi connectivity index (χ3v) is 3.94. The lowest BCUT2D eigenvalue weighted by molar-refractivity contribution is 0.114. The molecular formula is C15H19N3O3S. The highest BCUT2D eigenvalue weighted by Gasteiger charge is 2.23. The summed E-state index contributed by atoms with van der Waals surface area (Å²) in [5.74, 6) is 0. The molecule has 1 atom stereocenters. The number of carbonyl (C=O) groups excluding carboxylic acids is 1. The Hall–Kier alpha value is -1.86. The fourth-order valence-corrected chi connectivity index (χ4v) is 2.77. The van der Waals surface area contributed by atoms with Gasteiger partial charge in [0.1, 0.15) is 6.61 Å². The second kappa shape index (κ2) is 6.93. The van der Waals surface area contributed by atoms with E-state index in [1.807, 2.05) is 24.3 Å². The van der Waals surface area contributed by atoms with E-state index in [1.165, 1.54) is 0 Å². The zero-order valence-electron chi connectivity index (χ0n) is 12.2. The first kappa shape index (κ1) is 15.1. The van der Waals surface area contributed by atoms with E-state index >= 15 is 0 Å². The summed E-state index contributed by atoms with van der Waals surface area (Å²) >= 11 is 5.29. The molecule has 0 spiro atoms. The molecule has 2 heterocycles. The van der Waals surface area contributed by atoms with Crippen LogP contribution in [0.25, 0.3) is 0 Å². The SMILES string of the molecule is O=C1OCCN1c1cccc(NC(=S)NCC2CCCO2)c1. The lowest BCUT2D eigenvalue weighted by Gasteiger charge is -2.16. The molecule has 2 saturated heterocycles. The van der Waals surface area contributed by atoms with Crippen LogP contribution in [0.5, 0.6) is 0 Å². The van der Waals surface area contributed by atoms with Crippen molar-refractivity contribution in [3.05, 3.63) is 24.3 Å². The highest BCUT2D eigenvalue weighted by molar-refractivity contribution is 7.80. The number of rotatable bonds is 4. The van der Waals surface area contributed by atoms with E-state index in [-0.39, 0.29) is 12.2 Å². The van der Waals surface area contributed by atoms with Gasteiger partial charge >= 0.3 is 6.09 Å². The number of hydrogen-bond donors (Lipinski definition) is 2. The molecule has 2 N–H and O–H groups in total. The number of hydrogen-bond acceptors (Lipinski definition) is 4. The van der Waals surface area contributed by atoms with E-state index in [9.17, 15) is 4.79 Å². The topological polar surface area (TPSA) is 62.8 Å². The lowest BCUT2D eigenvalue weighted by Crippen LogP contribution is -2.34. The number of cyclic esters (lactones) is 1. The lowest BCUT2D eigenvalue weighted by atomic mass is 10.2. The Kier molecular flexibility index (Phi) is 4.74. The van der Waals surface area contributed by atoms with Gasteiger partial charge in [0, 0.05) is 24.5 Å². The molecule has 0 aliphatic carbocycles. The van der Waals surface area contributed by atoms with Gasteiger partial charge in [-0.2, -0.15) is 0 Å². The van der Waals surface area contributed by atoms with Crippen molar-refractivity contribution in [2.45, 2.75) is 18.9 Å². The van der Waals surface area contributed by atoms with Crippen molar-refractivity contribution < 1.29 is 14.3 Å². The van der Waals surface area contributed by atoms with Gasteiger partial charge in [-0.25, -0.2) is 4.79 Å². The molecule has 1 aromatic rings. The van der Waals surface area contributed by atoms with Gasteiger partial charge in [-0.05, 0) is 43.3 Å². The molecule has 6 nitrogen and oxygen atoms in total. The molecule has 0 saturated carbocycles. The third kappa shape index (κ3) is 3.66. The first-order chi connectivity index (χ1) is 10.7. The number of nitrogens with zero attached hydrogens (tertiary/aromatic N) is 1. The van der Waals surface area contributed by atoms with Crippen LogP contribution in [-0.4, -0.2) is 43.6 Å². The maximum Gasteiger partial charge on any atom is 0.414 e. The van der Waals surface area contributed by atoms with Crippen LogP contribution >= 0.6 is 12.2 Å². The zero-order chi connectivity index (χ0) is 15.4. The summed E-state index contributed by atoms with van der Waals surface area (Å²) in [6.07, 6.45) is 2.12. The number of benzene rings is 1. The number of anilines is 2. The van der Waals surface area contributed by atoms with Crippen molar-refractivity contribution in [2.24, 2.45) is 0 Å². The van der Waals surface area contributed by atoms with Crippen molar-refractivity contribution in [2.75, 3.05) is 36.5 Å². The van der Waals surface area contributed by atoms with Gasteiger partial charge in [-0.3, -0.25) is 4.90 Å². The summed E-state index contributed by atoms with van der Waals surface area (Å²) in [4.78, 5) is 13.2. The van der Waals surface area contributed by atoms with Crippen LogP contribution in [0.3, 0.4) is 0 Å². The van der Waals surface area contributed by atoms with Crippen LogP contribution in [0.15, 0.2) is 24.3 Å². The number of amides is 1. The summed E-state index contributed by atoms with van der Waals surface area (Å²) in [7, 11) is 0. The quantitative estimate of drug-likeness (QED) is 0.828. The van der Waals surface area contributed by atoms with Gasteiger partial charge in [-0.1, -0.05) is 6.07 Å². The predicted octanol–water partition coefficient (Wildman–Crippen LogP) is 2.11. The average molecular weight is 321 g/mol. The number of ether oxygens (including phenoxy) is 2. The second-order valence-electron chi connectivity index (χ2n) is 5.29. The molecule has 1 amide bonds. The molecule has 1 unspecified atom stereocenters. The monoisotopic (exact) mass is 321 g/mol. The number of carbonyl (C=O) groups is 1. The Morgan fingerprint density at radius 1 is 1.41 bits per heavy atom. The normalized spacial score (nSPS) is 20.8. The molecule has 0 bridgehead atoms. The van der Waals surface area contributed by atoms with Crippen molar-refractivity contribution in [1.29, 1.82) is 0 Å². The minimum absolute atomic E-state index is 0.241. The fourth-order valence-electron chi connectivity index (χ4n) is 2.57. The fraction of sp³-hybridized carbons (Fsp3) is 0.467. The molecule has 0 aromatic heterocycles. The Morgan fingerprint density at radius 2 is 2.32 bits per heavy atom. The number of thiocarbonyl (C=S) groups is 1. The molecule has 2 aliphatic heterocycles. The average Bonchev–Trinajstić information content (AvgIpc) is 3.16. The first-order valence-corrected chi connectivity index (χ1v) is 7.84. The van der Waals surface area contributed by atoms with Gasteiger partial charge in [0.15, 0.2) is 5.11 Å². The molecule has 118 valence electrons. The minimum Gasteiger partial charge on any atom is -0.447 e. The Labute approximate surface area is 134 Å². The molecular weight excluding hydrogens is 302 g/mol. The summed E-state index contributed by atoms with van der Waals surface area (Å²) < 4.78 is 10.5. The van der Waals surface area contributed by atoms with Gasteiger partial charge in [-0.15, -0.1) is 0 Å². The highest BCUT2D eigenvalue weighted by Crippen LogP contribution is 2.22. The molecule has 3 rings (SSSR count). The molecule has 7 heteroatoms. The Balaban J connectivity index is 1.55. The highest BCUT2D eigenvalue weighted by atomic mass is 32.1. The molecule has 1 aromatic carbocycles. The number of nitrogens with one attached hydrogen (secondary N) is 2. The summed E-state index contributed by atoms with van der Waals surface area (Å²) in [6.45, 7) is 2.55. The minimum atomic E-state index is -0.309. The third-order valence-electron chi connectivity index (χ3n) is 3.69.